The first kappa shape index (κ1) is 18.6. The number of hydrogen-bond acceptors (Lipinski definition) is 4. The van der Waals surface area contributed by atoms with Gasteiger partial charge in [0.15, 0.2) is 6.61 Å². The van der Waals surface area contributed by atoms with E-state index in [1.54, 1.807) is 43.3 Å². The molecule has 0 aliphatic heterocycles. The molecule has 0 radical (unpaired) electrons. The van der Waals surface area contributed by atoms with Gasteiger partial charge in [-0.15, -0.1) is 11.8 Å². The number of thioether (sulfide) groups is 1. The van der Waals surface area contributed by atoms with Crippen molar-refractivity contribution in [3.8, 4) is 0 Å². The summed E-state index contributed by atoms with van der Waals surface area (Å²) in [6, 6.07) is 10.2. The molecule has 2 aromatic carbocycles. The van der Waals surface area contributed by atoms with Gasteiger partial charge in [0.2, 0.25) is 0 Å². The van der Waals surface area contributed by atoms with Crippen molar-refractivity contribution in [2.75, 3.05) is 18.2 Å². The van der Waals surface area contributed by atoms with Gasteiger partial charge in [-0.3, -0.25) is 4.79 Å². The average Bonchev–Trinajstić information content (AvgIpc) is 2.57. The van der Waals surface area contributed by atoms with Crippen LogP contribution in [0.25, 0.3) is 0 Å². The van der Waals surface area contributed by atoms with Crippen LogP contribution in [0.15, 0.2) is 41.3 Å². The molecular weight excluding hydrogens is 369 g/mol. The molecule has 0 aromatic heterocycles. The van der Waals surface area contributed by atoms with E-state index in [4.69, 9.17) is 27.9 Å². The van der Waals surface area contributed by atoms with Crippen molar-refractivity contribution < 1.29 is 14.3 Å². The van der Waals surface area contributed by atoms with Gasteiger partial charge >= 0.3 is 5.97 Å². The van der Waals surface area contributed by atoms with Crippen LogP contribution in [0.4, 0.5) is 5.69 Å². The predicted molar refractivity (Wildman–Crippen MR) is 98.3 cm³/mol. The average molecular weight is 384 g/mol. The maximum atomic E-state index is 12.1. The van der Waals surface area contributed by atoms with E-state index in [2.05, 4.69) is 5.32 Å². The van der Waals surface area contributed by atoms with Crippen LogP contribution in [0.5, 0.6) is 0 Å². The number of carbonyl (C=O) groups is 2. The molecule has 0 saturated carbocycles. The van der Waals surface area contributed by atoms with E-state index in [9.17, 15) is 9.59 Å². The molecule has 2 rings (SSSR count). The predicted octanol–water partition coefficient (Wildman–Crippen LogP) is 4.82. The fourth-order valence-corrected chi connectivity index (χ4v) is 2.73. The molecule has 24 heavy (non-hydrogen) atoms. The van der Waals surface area contributed by atoms with Gasteiger partial charge in [0, 0.05) is 15.6 Å². The minimum absolute atomic E-state index is 0.232. The third kappa shape index (κ3) is 4.66. The molecule has 2 aromatic rings. The Balaban J connectivity index is 1.99. The minimum atomic E-state index is -0.645. The van der Waals surface area contributed by atoms with Crippen molar-refractivity contribution in [3.05, 3.63) is 57.6 Å². The van der Waals surface area contributed by atoms with Crippen LogP contribution in [0.1, 0.15) is 15.9 Å². The summed E-state index contributed by atoms with van der Waals surface area (Å²) in [6.45, 7) is 1.38. The lowest BCUT2D eigenvalue weighted by Crippen LogP contribution is -2.21. The normalized spacial score (nSPS) is 10.3. The van der Waals surface area contributed by atoms with Crippen molar-refractivity contribution in [2.24, 2.45) is 0 Å². The van der Waals surface area contributed by atoms with Crippen molar-refractivity contribution in [2.45, 2.75) is 11.8 Å². The lowest BCUT2D eigenvalue weighted by molar-refractivity contribution is -0.119. The zero-order chi connectivity index (χ0) is 17.7. The van der Waals surface area contributed by atoms with E-state index in [1.807, 2.05) is 6.26 Å². The number of esters is 1. The van der Waals surface area contributed by atoms with Crippen LogP contribution in [0, 0.1) is 6.92 Å². The van der Waals surface area contributed by atoms with Crippen LogP contribution in [-0.4, -0.2) is 24.7 Å². The lowest BCUT2D eigenvalue weighted by Gasteiger charge is -2.10. The molecule has 0 saturated heterocycles. The highest BCUT2D eigenvalue weighted by molar-refractivity contribution is 7.98. The summed E-state index contributed by atoms with van der Waals surface area (Å²) in [5.74, 6) is -1.10. The first-order valence-corrected chi connectivity index (χ1v) is 8.96. The van der Waals surface area contributed by atoms with E-state index in [-0.39, 0.29) is 10.6 Å². The Labute approximate surface area is 154 Å². The van der Waals surface area contributed by atoms with Gasteiger partial charge < -0.3 is 10.1 Å². The summed E-state index contributed by atoms with van der Waals surface area (Å²) < 4.78 is 5.03. The molecule has 1 amide bonds. The summed E-state index contributed by atoms with van der Waals surface area (Å²) in [7, 11) is 0. The van der Waals surface area contributed by atoms with Crippen LogP contribution in [0.2, 0.25) is 10.0 Å². The third-order valence-corrected chi connectivity index (χ3v) is 4.73. The quantitative estimate of drug-likeness (QED) is 0.593. The van der Waals surface area contributed by atoms with Crippen molar-refractivity contribution >= 4 is 52.5 Å². The third-order valence-electron chi connectivity index (χ3n) is 3.27. The van der Waals surface area contributed by atoms with Gasteiger partial charge in [-0.05, 0) is 49.1 Å². The summed E-state index contributed by atoms with van der Waals surface area (Å²) in [6.07, 6.45) is 1.89. The van der Waals surface area contributed by atoms with Crippen LogP contribution in [-0.2, 0) is 9.53 Å². The monoisotopic (exact) mass is 383 g/mol. The summed E-state index contributed by atoms with van der Waals surface area (Å²) in [5.41, 5.74) is 1.55. The number of anilines is 1. The standard InChI is InChI=1S/C17H15Cl2NO3S/c1-10-13(18)4-3-5-15(10)20-16(21)9-23-17(22)12-8-11(24-2)6-7-14(12)19/h3-8H,9H2,1-2H3,(H,20,21). The molecule has 0 bridgehead atoms. The Morgan fingerprint density at radius 1 is 1.17 bits per heavy atom. The lowest BCUT2D eigenvalue weighted by atomic mass is 10.2. The van der Waals surface area contributed by atoms with Gasteiger partial charge in [0.1, 0.15) is 0 Å². The second-order valence-electron chi connectivity index (χ2n) is 4.88. The number of benzene rings is 2. The summed E-state index contributed by atoms with van der Waals surface area (Å²) >= 11 is 13.5. The summed E-state index contributed by atoms with van der Waals surface area (Å²) in [5, 5.41) is 3.49. The smallest absolute Gasteiger partial charge is 0.340 e. The Bertz CT molecular complexity index is 780. The molecule has 0 aliphatic carbocycles. The van der Waals surface area contributed by atoms with Gasteiger partial charge in [-0.2, -0.15) is 0 Å². The Hall–Kier alpha value is -1.69. The van der Waals surface area contributed by atoms with Gasteiger partial charge in [0.05, 0.1) is 10.6 Å². The van der Waals surface area contributed by atoms with Crippen molar-refractivity contribution in [3.63, 3.8) is 0 Å². The second-order valence-corrected chi connectivity index (χ2v) is 6.58. The zero-order valence-electron chi connectivity index (χ0n) is 13.1. The molecule has 1 N–H and O–H groups in total. The van der Waals surface area contributed by atoms with Crippen molar-refractivity contribution in [1.29, 1.82) is 0 Å². The topological polar surface area (TPSA) is 55.4 Å². The Morgan fingerprint density at radius 3 is 2.62 bits per heavy atom. The van der Waals surface area contributed by atoms with Crippen LogP contribution >= 0.6 is 35.0 Å². The van der Waals surface area contributed by atoms with Gasteiger partial charge in [-0.25, -0.2) is 4.79 Å². The first-order chi connectivity index (χ1) is 11.4. The number of nitrogens with one attached hydrogen (secondary N) is 1. The SMILES string of the molecule is CSc1ccc(Cl)c(C(=O)OCC(=O)Nc2cccc(Cl)c2C)c1. The molecular formula is C17H15Cl2NO3S. The largest absolute Gasteiger partial charge is 0.452 e. The summed E-state index contributed by atoms with van der Waals surface area (Å²) in [4.78, 5) is 24.9. The Morgan fingerprint density at radius 2 is 1.92 bits per heavy atom. The Kier molecular flexibility index (Phi) is 6.54. The van der Waals surface area contributed by atoms with Crippen LogP contribution in [0.3, 0.4) is 0 Å². The first-order valence-electron chi connectivity index (χ1n) is 6.98. The molecule has 0 aliphatic rings. The number of halogens is 2. The van der Waals surface area contributed by atoms with E-state index >= 15 is 0 Å². The van der Waals surface area contributed by atoms with E-state index < -0.39 is 18.5 Å². The number of ether oxygens (including phenoxy) is 1. The fraction of sp³-hybridized carbons (Fsp3) is 0.176. The number of hydrogen-bond donors (Lipinski definition) is 1. The highest BCUT2D eigenvalue weighted by Crippen LogP contribution is 2.24. The number of rotatable bonds is 5. The van der Waals surface area contributed by atoms with Crippen molar-refractivity contribution in [1.82, 2.24) is 0 Å². The number of amides is 1. The van der Waals surface area contributed by atoms with Crippen LogP contribution < -0.4 is 5.32 Å². The maximum absolute atomic E-state index is 12.1. The number of carbonyl (C=O) groups excluding carboxylic acids is 2. The molecule has 126 valence electrons. The molecule has 0 heterocycles. The van der Waals surface area contributed by atoms with Gasteiger partial charge in [0.25, 0.3) is 5.91 Å². The minimum Gasteiger partial charge on any atom is -0.452 e. The zero-order valence-corrected chi connectivity index (χ0v) is 15.4. The molecule has 7 heteroatoms. The second kappa shape index (κ2) is 8.42. The maximum Gasteiger partial charge on any atom is 0.340 e. The van der Waals surface area contributed by atoms with E-state index in [1.165, 1.54) is 11.8 Å². The van der Waals surface area contributed by atoms with E-state index in [0.717, 1.165) is 10.5 Å². The fourth-order valence-electron chi connectivity index (χ4n) is 1.93. The molecule has 0 fully saturated rings. The molecule has 0 unspecified atom stereocenters. The van der Waals surface area contributed by atoms with Gasteiger partial charge in [-0.1, -0.05) is 29.3 Å². The molecule has 0 atom stereocenters. The molecule has 0 spiro atoms. The highest BCUT2D eigenvalue weighted by atomic mass is 35.5. The highest BCUT2D eigenvalue weighted by Gasteiger charge is 2.15. The van der Waals surface area contributed by atoms with E-state index in [0.29, 0.717) is 10.7 Å². The molecule has 4 nitrogen and oxygen atoms in total.